The highest BCUT2D eigenvalue weighted by molar-refractivity contribution is 7.12. The molecule has 112 valence electrons. The van der Waals surface area contributed by atoms with Gasteiger partial charge in [0, 0.05) is 11.4 Å². The van der Waals surface area contributed by atoms with Gasteiger partial charge in [-0.05, 0) is 17.7 Å². The maximum absolute atomic E-state index is 13.4. The minimum Gasteiger partial charge on any atom is -0.496 e. The van der Waals surface area contributed by atoms with Gasteiger partial charge in [-0.3, -0.25) is 4.79 Å². The molecule has 1 atom stereocenters. The second kappa shape index (κ2) is 6.89. The van der Waals surface area contributed by atoms with Gasteiger partial charge in [-0.2, -0.15) is 0 Å². The van der Waals surface area contributed by atoms with Crippen molar-refractivity contribution in [2.75, 3.05) is 13.7 Å². The van der Waals surface area contributed by atoms with Crippen LogP contribution in [0.5, 0.6) is 5.75 Å². The Kier molecular flexibility index (Phi) is 5.17. The minimum absolute atomic E-state index is 0.00948. The number of thiophene rings is 1. The predicted octanol–water partition coefficient (Wildman–Crippen LogP) is 3.01. The molecular weight excluding hydrogens is 317 g/mol. The molecule has 1 amide bonds. The van der Waals surface area contributed by atoms with E-state index < -0.39 is 11.9 Å². The maximum Gasteiger partial charge on any atom is 0.262 e. The molecule has 1 heterocycles. The zero-order valence-electron chi connectivity index (χ0n) is 11.1. The summed E-state index contributed by atoms with van der Waals surface area (Å²) in [6.07, 6.45) is 0. The van der Waals surface area contributed by atoms with Gasteiger partial charge in [-0.1, -0.05) is 17.7 Å². The molecule has 7 heteroatoms. The van der Waals surface area contributed by atoms with E-state index in [4.69, 9.17) is 16.3 Å². The summed E-state index contributed by atoms with van der Waals surface area (Å²) < 4.78 is 18.5. The van der Waals surface area contributed by atoms with Crippen molar-refractivity contribution in [2.45, 2.75) is 6.04 Å². The third-order valence-corrected chi connectivity index (χ3v) is 4.08. The Labute approximate surface area is 130 Å². The van der Waals surface area contributed by atoms with Crippen molar-refractivity contribution in [3.05, 3.63) is 50.9 Å². The number of hydrogen-bond acceptors (Lipinski definition) is 4. The highest BCUT2D eigenvalue weighted by Gasteiger charge is 2.17. The van der Waals surface area contributed by atoms with E-state index in [0.29, 0.717) is 16.2 Å². The Morgan fingerprint density at radius 3 is 2.86 bits per heavy atom. The van der Waals surface area contributed by atoms with E-state index in [1.165, 1.54) is 30.6 Å². The third-order valence-electron chi connectivity index (χ3n) is 2.87. The van der Waals surface area contributed by atoms with Gasteiger partial charge in [0.05, 0.1) is 29.7 Å². The first kappa shape index (κ1) is 15.8. The van der Waals surface area contributed by atoms with Crippen molar-refractivity contribution in [2.24, 2.45) is 0 Å². The lowest BCUT2D eigenvalue weighted by atomic mass is 10.1. The first-order chi connectivity index (χ1) is 10.0. The van der Waals surface area contributed by atoms with Crippen LogP contribution in [0.4, 0.5) is 4.39 Å². The van der Waals surface area contributed by atoms with Crippen molar-refractivity contribution in [3.63, 3.8) is 0 Å². The van der Waals surface area contributed by atoms with E-state index in [1.54, 1.807) is 17.5 Å². The number of amides is 1. The molecule has 1 unspecified atom stereocenters. The van der Waals surface area contributed by atoms with E-state index in [2.05, 4.69) is 5.32 Å². The fraction of sp³-hybridized carbons (Fsp3) is 0.214. The Morgan fingerprint density at radius 2 is 2.29 bits per heavy atom. The average molecular weight is 330 g/mol. The van der Waals surface area contributed by atoms with Crippen LogP contribution < -0.4 is 10.1 Å². The summed E-state index contributed by atoms with van der Waals surface area (Å²) in [5, 5.41) is 13.7. The highest BCUT2D eigenvalue weighted by Crippen LogP contribution is 2.23. The smallest absolute Gasteiger partial charge is 0.262 e. The zero-order valence-corrected chi connectivity index (χ0v) is 12.7. The van der Waals surface area contributed by atoms with E-state index in [-0.39, 0.29) is 17.5 Å². The number of methoxy groups -OCH3 is 1. The van der Waals surface area contributed by atoms with Gasteiger partial charge < -0.3 is 15.2 Å². The number of nitrogens with one attached hydrogen (secondary N) is 1. The van der Waals surface area contributed by atoms with Crippen LogP contribution >= 0.6 is 22.9 Å². The second-order valence-corrected chi connectivity index (χ2v) is 5.55. The first-order valence-corrected chi connectivity index (χ1v) is 7.30. The van der Waals surface area contributed by atoms with Gasteiger partial charge in [-0.15, -0.1) is 11.3 Å². The SMILES string of the molecule is COc1csc(C(=O)NC(CO)c2ccc(Cl)c(F)c2)c1. The Morgan fingerprint density at radius 1 is 1.52 bits per heavy atom. The van der Waals surface area contributed by atoms with E-state index in [1.807, 2.05) is 0 Å². The summed E-state index contributed by atoms with van der Waals surface area (Å²) in [6, 6.07) is 5.02. The number of carbonyl (C=O) groups excluding carboxylic acids is 1. The highest BCUT2D eigenvalue weighted by atomic mass is 35.5. The summed E-state index contributed by atoms with van der Waals surface area (Å²) >= 11 is 6.83. The Hall–Kier alpha value is -1.63. The molecule has 0 aliphatic rings. The molecule has 21 heavy (non-hydrogen) atoms. The molecule has 0 spiro atoms. The summed E-state index contributed by atoms with van der Waals surface area (Å²) in [7, 11) is 1.51. The molecule has 2 aromatic rings. The fourth-order valence-corrected chi connectivity index (χ4v) is 2.61. The lowest BCUT2D eigenvalue weighted by Gasteiger charge is -2.16. The molecule has 0 aliphatic heterocycles. The Bertz CT molecular complexity index is 647. The van der Waals surface area contributed by atoms with Crippen LogP contribution in [-0.2, 0) is 0 Å². The summed E-state index contributed by atoms with van der Waals surface area (Å²) in [4.78, 5) is 12.5. The van der Waals surface area contributed by atoms with E-state index in [0.717, 1.165) is 0 Å². The van der Waals surface area contributed by atoms with Crippen LogP contribution in [0.25, 0.3) is 0 Å². The van der Waals surface area contributed by atoms with Gasteiger partial charge in [0.25, 0.3) is 5.91 Å². The number of benzene rings is 1. The van der Waals surface area contributed by atoms with Gasteiger partial charge >= 0.3 is 0 Å². The predicted molar refractivity (Wildman–Crippen MR) is 79.6 cm³/mol. The third kappa shape index (κ3) is 3.72. The van der Waals surface area contributed by atoms with Crippen molar-refractivity contribution < 1.29 is 19.0 Å². The molecule has 0 bridgehead atoms. The molecule has 0 saturated heterocycles. The Balaban J connectivity index is 2.14. The number of hydrogen-bond donors (Lipinski definition) is 2. The summed E-state index contributed by atoms with van der Waals surface area (Å²) in [5.74, 6) is -0.374. The number of aliphatic hydroxyl groups excluding tert-OH is 1. The molecule has 4 nitrogen and oxygen atoms in total. The normalized spacial score (nSPS) is 12.0. The number of rotatable bonds is 5. The van der Waals surface area contributed by atoms with Gasteiger partial charge in [0.1, 0.15) is 11.6 Å². The molecule has 2 N–H and O–H groups in total. The summed E-state index contributed by atoms with van der Waals surface area (Å²) in [5.41, 5.74) is 0.441. The zero-order chi connectivity index (χ0) is 15.4. The quantitative estimate of drug-likeness (QED) is 0.886. The lowest BCUT2D eigenvalue weighted by Crippen LogP contribution is -2.30. The van der Waals surface area contributed by atoms with E-state index >= 15 is 0 Å². The standard InChI is InChI=1S/C14H13ClFNO3S/c1-20-9-5-13(21-7-9)14(19)17-12(6-18)8-2-3-10(15)11(16)4-8/h2-5,7,12,18H,6H2,1H3,(H,17,19). The van der Waals surface area contributed by atoms with Crippen LogP contribution in [-0.4, -0.2) is 24.7 Å². The molecule has 0 aliphatic carbocycles. The van der Waals surface area contributed by atoms with Gasteiger partial charge in [0.2, 0.25) is 0 Å². The number of ether oxygens (including phenoxy) is 1. The van der Waals surface area contributed by atoms with Crippen LogP contribution in [0, 0.1) is 5.82 Å². The van der Waals surface area contributed by atoms with Crippen molar-refractivity contribution in [3.8, 4) is 5.75 Å². The van der Waals surface area contributed by atoms with Crippen LogP contribution in [0.2, 0.25) is 5.02 Å². The first-order valence-electron chi connectivity index (χ1n) is 6.04. The number of carbonyl (C=O) groups is 1. The largest absolute Gasteiger partial charge is 0.496 e. The van der Waals surface area contributed by atoms with Crippen LogP contribution in [0.3, 0.4) is 0 Å². The maximum atomic E-state index is 13.4. The molecular formula is C14H13ClFNO3S. The molecule has 2 rings (SSSR count). The van der Waals surface area contributed by atoms with Crippen LogP contribution in [0.15, 0.2) is 29.6 Å². The van der Waals surface area contributed by atoms with Crippen LogP contribution in [0.1, 0.15) is 21.3 Å². The van der Waals surface area contributed by atoms with Crippen molar-refractivity contribution in [1.82, 2.24) is 5.32 Å². The second-order valence-electron chi connectivity index (χ2n) is 4.23. The van der Waals surface area contributed by atoms with Gasteiger partial charge in [0.15, 0.2) is 0 Å². The van der Waals surface area contributed by atoms with Crippen molar-refractivity contribution >= 4 is 28.8 Å². The number of aliphatic hydroxyl groups is 1. The average Bonchev–Trinajstić information content (AvgIpc) is 2.96. The van der Waals surface area contributed by atoms with Gasteiger partial charge in [-0.25, -0.2) is 4.39 Å². The number of halogens is 2. The molecule has 1 aromatic carbocycles. The fourth-order valence-electron chi connectivity index (χ4n) is 1.74. The molecule has 0 fully saturated rings. The lowest BCUT2D eigenvalue weighted by molar-refractivity contribution is 0.0920. The van der Waals surface area contributed by atoms with Crippen molar-refractivity contribution in [1.29, 1.82) is 0 Å². The molecule has 1 aromatic heterocycles. The summed E-state index contributed by atoms with van der Waals surface area (Å²) in [6.45, 7) is -0.352. The monoisotopic (exact) mass is 329 g/mol. The molecule has 0 radical (unpaired) electrons. The topological polar surface area (TPSA) is 58.6 Å². The van der Waals surface area contributed by atoms with E-state index in [9.17, 15) is 14.3 Å². The molecule has 0 saturated carbocycles. The minimum atomic E-state index is -0.711.